The molecule has 16 heavy (non-hydrogen) atoms. The van der Waals surface area contributed by atoms with Gasteiger partial charge in [-0.05, 0) is 11.8 Å². The molecule has 0 aliphatic heterocycles. The molecule has 0 rings (SSSR count). The number of alkyl halides is 3. The Labute approximate surface area is 95.4 Å². The summed E-state index contributed by atoms with van der Waals surface area (Å²) in [7, 11) is 0. The summed E-state index contributed by atoms with van der Waals surface area (Å²) in [5.74, 6) is -1.53. The number of Topliss-reactive ketones (excluding diaryl/α,β-unsaturated/α-hetero) is 1. The van der Waals surface area contributed by atoms with E-state index in [4.69, 9.17) is 0 Å². The maximum absolute atomic E-state index is 12.4. The second-order valence-corrected chi connectivity index (χ2v) is 5.84. The van der Waals surface area contributed by atoms with E-state index in [0.717, 1.165) is 0 Å². The van der Waals surface area contributed by atoms with Crippen LogP contribution in [0.15, 0.2) is 0 Å². The Kier molecular flexibility index (Phi) is 5.02. The van der Waals surface area contributed by atoms with E-state index in [2.05, 4.69) is 0 Å². The van der Waals surface area contributed by atoms with Gasteiger partial charge < -0.3 is 0 Å². The van der Waals surface area contributed by atoms with Gasteiger partial charge in [0.15, 0.2) is 0 Å². The van der Waals surface area contributed by atoms with E-state index >= 15 is 0 Å². The average Bonchev–Trinajstić information content (AvgIpc) is 1.95. The Morgan fingerprint density at radius 2 is 1.50 bits per heavy atom. The van der Waals surface area contributed by atoms with Gasteiger partial charge in [0, 0.05) is 11.8 Å². The summed E-state index contributed by atoms with van der Waals surface area (Å²) in [6, 6.07) is 0. The van der Waals surface area contributed by atoms with Crippen LogP contribution in [0.1, 0.15) is 47.5 Å². The van der Waals surface area contributed by atoms with Crippen LogP contribution in [0.4, 0.5) is 13.2 Å². The van der Waals surface area contributed by atoms with Crippen molar-refractivity contribution in [2.45, 2.75) is 53.6 Å². The minimum atomic E-state index is -4.26. The molecular weight excluding hydrogens is 217 g/mol. The standard InChI is InChI=1S/C12H21F3O/c1-8(2)10(16)9(6-11(3,4)5)7-12(13,14)15/h8-9H,6-7H2,1-5H3/t9-/m0/s1. The van der Waals surface area contributed by atoms with Crippen LogP contribution < -0.4 is 0 Å². The Morgan fingerprint density at radius 1 is 1.06 bits per heavy atom. The monoisotopic (exact) mass is 238 g/mol. The third-order valence-electron chi connectivity index (χ3n) is 2.31. The molecule has 0 aromatic rings. The number of rotatable bonds is 4. The van der Waals surface area contributed by atoms with Crippen molar-refractivity contribution in [1.82, 2.24) is 0 Å². The molecule has 96 valence electrons. The fourth-order valence-corrected chi connectivity index (χ4v) is 1.76. The molecule has 0 fully saturated rings. The van der Waals surface area contributed by atoms with E-state index < -0.39 is 18.5 Å². The van der Waals surface area contributed by atoms with Crippen molar-refractivity contribution >= 4 is 5.78 Å². The zero-order valence-electron chi connectivity index (χ0n) is 10.6. The Bertz CT molecular complexity index is 220. The first kappa shape index (κ1) is 15.5. The second kappa shape index (κ2) is 5.19. The number of hydrogen-bond acceptors (Lipinski definition) is 1. The van der Waals surface area contributed by atoms with Gasteiger partial charge in [-0.1, -0.05) is 34.6 Å². The second-order valence-electron chi connectivity index (χ2n) is 5.84. The molecule has 0 saturated heterocycles. The summed E-state index contributed by atoms with van der Waals surface area (Å²) >= 11 is 0. The molecule has 0 amide bonds. The summed E-state index contributed by atoms with van der Waals surface area (Å²) in [5, 5.41) is 0. The number of hydrogen-bond donors (Lipinski definition) is 0. The van der Waals surface area contributed by atoms with Crippen molar-refractivity contribution in [3.05, 3.63) is 0 Å². The highest BCUT2D eigenvalue weighted by molar-refractivity contribution is 5.82. The molecule has 0 aromatic heterocycles. The first-order chi connectivity index (χ1) is 6.92. The molecular formula is C12H21F3O. The van der Waals surface area contributed by atoms with Gasteiger partial charge in [-0.2, -0.15) is 13.2 Å². The molecule has 0 saturated carbocycles. The largest absolute Gasteiger partial charge is 0.389 e. The highest BCUT2D eigenvalue weighted by Gasteiger charge is 2.37. The molecule has 1 nitrogen and oxygen atoms in total. The quantitative estimate of drug-likeness (QED) is 0.716. The van der Waals surface area contributed by atoms with Crippen LogP contribution in [0.25, 0.3) is 0 Å². The molecule has 0 aromatic carbocycles. The summed E-state index contributed by atoms with van der Waals surface area (Å²) in [5.41, 5.74) is -0.263. The van der Waals surface area contributed by atoms with E-state index in [1.165, 1.54) is 0 Å². The topological polar surface area (TPSA) is 17.1 Å². The van der Waals surface area contributed by atoms with E-state index in [0.29, 0.717) is 0 Å². The van der Waals surface area contributed by atoms with E-state index in [-0.39, 0.29) is 23.5 Å². The predicted octanol–water partition coefficient (Wildman–Crippen LogP) is 4.22. The zero-order chi connectivity index (χ0) is 13.1. The number of ketones is 1. The third-order valence-corrected chi connectivity index (χ3v) is 2.31. The summed E-state index contributed by atoms with van der Waals surface area (Å²) < 4.78 is 37.1. The first-order valence-corrected chi connectivity index (χ1v) is 5.53. The Balaban J connectivity index is 4.71. The lowest BCUT2D eigenvalue weighted by Crippen LogP contribution is -2.29. The van der Waals surface area contributed by atoms with Crippen LogP contribution in [0.5, 0.6) is 0 Å². The van der Waals surface area contributed by atoms with Crippen LogP contribution in [0.3, 0.4) is 0 Å². The van der Waals surface area contributed by atoms with Crippen molar-refractivity contribution in [1.29, 1.82) is 0 Å². The van der Waals surface area contributed by atoms with E-state index in [9.17, 15) is 18.0 Å². The van der Waals surface area contributed by atoms with Crippen LogP contribution >= 0.6 is 0 Å². The van der Waals surface area contributed by atoms with Crippen LogP contribution in [0, 0.1) is 17.3 Å². The highest BCUT2D eigenvalue weighted by Crippen LogP contribution is 2.34. The van der Waals surface area contributed by atoms with Crippen molar-refractivity contribution in [3.8, 4) is 0 Å². The molecule has 0 radical (unpaired) electrons. The average molecular weight is 238 g/mol. The molecule has 0 N–H and O–H groups in total. The maximum atomic E-state index is 12.4. The molecule has 0 aliphatic carbocycles. The minimum Gasteiger partial charge on any atom is -0.299 e. The third kappa shape index (κ3) is 6.85. The van der Waals surface area contributed by atoms with Crippen LogP contribution in [-0.2, 0) is 4.79 Å². The van der Waals surface area contributed by atoms with Crippen molar-refractivity contribution in [2.24, 2.45) is 17.3 Å². The highest BCUT2D eigenvalue weighted by atomic mass is 19.4. The van der Waals surface area contributed by atoms with Crippen LogP contribution in [0.2, 0.25) is 0 Å². The smallest absolute Gasteiger partial charge is 0.299 e. The number of halogens is 3. The van der Waals surface area contributed by atoms with E-state index in [1.54, 1.807) is 13.8 Å². The Morgan fingerprint density at radius 3 is 1.75 bits per heavy atom. The summed E-state index contributed by atoms with van der Waals surface area (Å²) in [4.78, 5) is 11.7. The van der Waals surface area contributed by atoms with Gasteiger partial charge in [-0.3, -0.25) is 4.79 Å². The van der Waals surface area contributed by atoms with Gasteiger partial charge in [-0.25, -0.2) is 0 Å². The van der Waals surface area contributed by atoms with E-state index in [1.807, 2.05) is 20.8 Å². The molecule has 0 unspecified atom stereocenters. The maximum Gasteiger partial charge on any atom is 0.389 e. The number of carbonyl (C=O) groups excluding carboxylic acids is 1. The van der Waals surface area contributed by atoms with Crippen LogP contribution in [-0.4, -0.2) is 12.0 Å². The van der Waals surface area contributed by atoms with Gasteiger partial charge in [-0.15, -0.1) is 0 Å². The molecule has 0 heterocycles. The van der Waals surface area contributed by atoms with Crippen molar-refractivity contribution < 1.29 is 18.0 Å². The van der Waals surface area contributed by atoms with Crippen molar-refractivity contribution in [3.63, 3.8) is 0 Å². The summed E-state index contributed by atoms with van der Waals surface area (Å²) in [6.45, 7) is 8.85. The van der Waals surface area contributed by atoms with Gasteiger partial charge in [0.05, 0.1) is 6.42 Å². The molecule has 1 atom stereocenters. The Hall–Kier alpha value is -0.540. The minimum absolute atomic E-state index is 0.263. The fourth-order valence-electron chi connectivity index (χ4n) is 1.76. The lowest BCUT2D eigenvalue weighted by atomic mass is 9.79. The first-order valence-electron chi connectivity index (χ1n) is 5.53. The van der Waals surface area contributed by atoms with Gasteiger partial charge in [0.25, 0.3) is 0 Å². The number of carbonyl (C=O) groups is 1. The lowest BCUT2D eigenvalue weighted by molar-refractivity contribution is -0.156. The zero-order valence-corrected chi connectivity index (χ0v) is 10.6. The van der Waals surface area contributed by atoms with Gasteiger partial charge in [0.2, 0.25) is 0 Å². The SMILES string of the molecule is CC(C)C(=O)[C@@H](CC(C)(C)C)CC(F)(F)F. The van der Waals surface area contributed by atoms with Gasteiger partial charge in [0.1, 0.15) is 5.78 Å². The molecule has 0 aliphatic rings. The summed E-state index contributed by atoms with van der Waals surface area (Å²) in [6.07, 6.45) is -4.98. The molecule has 0 spiro atoms. The normalized spacial score (nSPS) is 15.3. The van der Waals surface area contributed by atoms with Gasteiger partial charge >= 0.3 is 6.18 Å². The lowest BCUT2D eigenvalue weighted by Gasteiger charge is -2.27. The van der Waals surface area contributed by atoms with Crippen molar-refractivity contribution in [2.75, 3.05) is 0 Å². The predicted molar refractivity (Wildman–Crippen MR) is 58.1 cm³/mol. The molecule has 4 heteroatoms. The fraction of sp³-hybridized carbons (Fsp3) is 0.917. The molecule has 0 bridgehead atoms.